The summed E-state index contributed by atoms with van der Waals surface area (Å²) in [6, 6.07) is 9.69. The van der Waals surface area contributed by atoms with Crippen molar-refractivity contribution in [2.45, 2.75) is 50.3 Å². The molecule has 4 heteroatoms. The van der Waals surface area contributed by atoms with E-state index >= 15 is 0 Å². The van der Waals surface area contributed by atoms with Gasteiger partial charge >= 0.3 is 5.97 Å². The van der Waals surface area contributed by atoms with Gasteiger partial charge in [-0.15, -0.1) is 5.06 Å². The molecule has 2 aliphatic rings. The Morgan fingerprint density at radius 2 is 2.00 bits per heavy atom. The zero-order chi connectivity index (χ0) is 14.0. The molecular weight excluding hydrogens is 254 g/mol. The summed E-state index contributed by atoms with van der Waals surface area (Å²) in [6.07, 6.45) is 6.30. The maximum absolute atomic E-state index is 12.1. The number of nitrogens with zero attached hydrogens (tertiary/aromatic N) is 1. The highest BCUT2D eigenvalue weighted by molar-refractivity contribution is 5.76. The van der Waals surface area contributed by atoms with Crippen molar-refractivity contribution in [2.75, 3.05) is 7.11 Å². The van der Waals surface area contributed by atoms with Crippen molar-refractivity contribution in [3.05, 3.63) is 35.9 Å². The Kier molecular flexibility index (Phi) is 3.76. The van der Waals surface area contributed by atoms with Crippen LogP contribution in [-0.2, 0) is 20.8 Å². The summed E-state index contributed by atoms with van der Waals surface area (Å²) in [5, 5.41) is 1.88. The molecule has 1 heterocycles. The Bertz CT molecular complexity index is 468. The van der Waals surface area contributed by atoms with Crippen LogP contribution in [0, 0.1) is 0 Å². The Balaban J connectivity index is 1.73. The van der Waals surface area contributed by atoms with Gasteiger partial charge in [0.25, 0.3) is 0 Å². The molecule has 20 heavy (non-hydrogen) atoms. The van der Waals surface area contributed by atoms with Crippen LogP contribution in [0.25, 0.3) is 0 Å². The lowest BCUT2D eigenvalue weighted by Gasteiger charge is -2.21. The van der Waals surface area contributed by atoms with Gasteiger partial charge in [-0.2, -0.15) is 0 Å². The van der Waals surface area contributed by atoms with E-state index in [0.717, 1.165) is 18.4 Å². The molecule has 2 atom stereocenters. The second-order valence-corrected chi connectivity index (χ2v) is 5.65. The van der Waals surface area contributed by atoms with E-state index in [1.165, 1.54) is 26.4 Å². The number of ether oxygens (including phenoxy) is 1. The molecule has 4 nitrogen and oxygen atoms in total. The van der Waals surface area contributed by atoms with Gasteiger partial charge in [0.15, 0.2) is 5.72 Å². The molecule has 0 bridgehead atoms. The molecule has 2 fully saturated rings. The lowest BCUT2D eigenvalue weighted by molar-refractivity contribution is -0.147. The molecular formula is C16H21NO3. The van der Waals surface area contributed by atoms with Crippen molar-refractivity contribution in [1.82, 2.24) is 5.06 Å². The highest BCUT2D eigenvalue weighted by Gasteiger charge is 2.59. The maximum atomic E-state index is 12.1. The predicted molar refractivity (Wildman–Crippen MR) is 74.7 cm³/mol. The Hall–Kier alpha value is -1.39. The maximum Gasteiger partial charge on any atom is 0.325 e. The summed E-state index contributed by atoms with van der Waals surface area (Å²) in [5.74, 6) is -0.212. The smallest absolute Gasteiger partial charge is 0.325 e. The Morgan fingerprint density at radius 3 is 2.65 bits per heavy atom. The molecule has 0 N–H and O–H groups in total. The van der Waals surface area contributed by atoms with Gasteiger partial charge < -0.3 is 4.74 Å². The van der Waals surface area contributed by atoms with E-state index in [0.29, 0.717) is 6.42 Å². The van der Waals surface area contributed by atoms with Gasteiger partial charge in [-0.05, 0) is 31.2 Å². The summed E-state index contributed by atoms with van der Waals surface area (Å²) in [7, 11) is 1.44. The molecule has 1 saturated carbocycles. The molecule has 1 aliphatic heterocycles. The largest absolute Gasteiger partial charge is 0.468 e. The standard InChI is InChI=1S/C16H21NO3/c1-19-15(18)14(12-13-8-4-2-5-9-13)17-16(20-17)10-6-3-7-11-16/h2,4-5,8-9,14H,3,6-7,10-12H2,1H3/t14-,17?/m0/s1. The molecule has 1 aromatic carbocycles. The fourth-order valence-corrected chi connectivity index (χ4v) is 3.16. The van der Waals surface area contributed by atoms with Crippen molar-refractivity contribution in [3.63, 3.8) is 0 Å². The van der Waals surface area contributed by atoms with Gasteiger partial charge in [0.1, 0.15) is 6.04 Å². The molecule has 108 valence electrons. The van der Waals surface area contributed by atoms with Crippen LogP contribution in [0.4, 0.5) is 0 Å². The molecule has 3 rings (SSSR count). The van der Waals surface area contributed by atoms with Crippen LogP contribution in [0.1, 0.15) is 37.7 Å². The van der Waals surface area contributed by atoms with Crippen LogP contribution >= 0.6 is 0 Å². The van der Waals surface area contributed by atoms with E-state index in [9.17, 15) is 4.79 Å². The van der Waals surface area contributed by atoms with E-state index in [1.807, 2.05) is 35.4 Å². The summed E-state index contributed by atoms with van der Waals surface area (Å²) >= 11 is 0. The van der Waals surface area contributed by atoms with Crippen molar-refractivity contribution >= 4 is 5.97 Å². The average molecular weight is 275 g/mol. The van der Waals surface area contributed by atoms with Gasteiger partial charge in [-0.1, -0.05) is 36.8 Å². The first-order chi connectivity index (χ1) is 9.75. The fourth-order valence-electron chi connectivity index (χ4n) is 3.16. The normalized spacial score (nSPS) is 25.1. The molecule has 0 radical (unpaired) electrons. The summed E-state index contributed by atoms with van der Waals surface area (Å²) in [5.41, 5.74) is 0.940. The second kappa shape index (κ2) is 5.54. The number of esters is 1. The number of hydroxylamine groups is 2. The minimum absolute atomic E-state index is 0.189. The minimum atomic E-state index is -0.333. The van der Waals surface area contributed by atoms with Crippen molar-refractivity contribution in [2.24, 2.45) is 0 Å². The van der Waals surface area contributed by atoms with Gasteiger partial charge in [-0.3, -0.25) is 9.63 Å². The summed E-state index contributed by atoms with van der Waals surface area (Å²) in [6.45, 7) is 0. The summed E-state index contributed by atoms with van der Waals surface area (Å²) < 4.78 is 4.96. The van der Waals surface area contributed by atoms with Crippen molar-refractivity contribution in [3.8, 4) is 0 Å². The van der Waals surface area contributed by atoms with Crippen LogP contribution in [0.3, 0.4) is 0 Å². The number of hydrogen-bond donors (Lipinski definition) is 0. The van der Waals surface area contributed by atoms with Crippen LogP contribution < -0.4 is 0 Å². The van der Waals surface area contributed by atoms with Gasteiger partial charge in [0.05, 0.1) is 7.11 Å². The van der Waals surface area contributed by atoms with E-state index in [4.69, 9.17) is 9.57 Å². The van der Waals surface area contributed by atoms with Crippen molar-refractivity contribution in [1.29, 1.82) is 0 Å². The first kappa shape index (κ1) is 13.6. The fraction of sp³-hybridized carbons (Fsp3) is 0.562. The molecule has 0 amide bonds. The number of carbonyl (C=O) groups is 1. The quantitative estimate of drug-likeness (QED) is 0.626. The number of rotatable bonds is 4. The summed E-state index contributed by atoms with van der Waals surface area (Å²) in [4.78, 5) is 17.9. The van der Waals surface area contributed by atoms with Gasteiger partial charge in [0.2, 0.25) is 0 Å². The van der Waals surface area contributed by atoms with E-state index in [1.54, 1.807) is 0 Å². The highest BCUT2D eigenvalue weighted by atomic mass is 16.9. The third-order valence-corrected chi connectivity index (χ3v) is 4.30. The van der Waals surface area contributed by atoms with E-state index in [-0.39, 0.29) is 17.7 Å². The minimum Gasteiger partial charge on any atom is -0.468 e. The van der Waals surface area contributed by atoms with Gasteiger partial charge in [0, 0.05) is 6.42 Å². The van der Waals surface area contributed by atoms with Crippen LogP contribution in [0.2, 0.25) is 0 Å². The van der Waals surface area contributed by atoms with Crippen LogP contribution in [-0.4, -0.2) is 29.9 Å². The third-order valence-electron chi connectivity index (χ3n) is 4.30. The first-order valence-corrected chi connectivity index (χ1v) is 7.35. The lowest BCUT2D eigenvalue weighted by atomic mass is 9.92. The molecule has 1 aliphatic carbocycles. The van der Waals surface area contributed by atoms with Crippen LogP contribution in [0.15, 0.2) is 30.3 Å². The number of carbonyl (C=O) groups excluding carboxylic acids is 1. The first-order valence-electron chi connectivity index (χ1n) is 7.35. The number of benzene rings is 1. The molecule has 0 aromatic heterocycles. The molecule has 1 aromatic rings. The zero-order valence-corrected chi connectivity index (χ0v) is 11.9. The monoisotopic (exact) mass is 275 g/mol. The lowest BCUT2D eigenvalue weighted by Crippen LogP contribution is -2.37. The van der Waals surface area contributed by atoms with Gasteiger partial charge in [-0.25, -0.2) is 0 Å². The molecule has 1 saturated heterocycles. The molecule has 1 unspecified atom stereocenters. The predicted octanol–water partition coefficient (Wildman–Crippen LogP) is 2.68. The topological polar surface area (TPSA) is 41.8 Å². The van der Waals surface area contributed by atoms with E-state index < -0.39 is 0 Å². The molecule has 1 spiro atoms. The Labute approximate surface area is 119 Å². The second-order valence-electron chi connectivity index (χ2n) is 5.65. The third kappa shape index (κ3) is 2.58. The van der Waals surface area contributed by atoms with Crippen molar-refractivity contribution < 1.29 is 14.4 Å². The zero-order valence-electron chi connectivity index (χ0n) is 11.9. The number of methoxy groups -OCH3 is 1. The SMILES string of the molecule is COC(=O)[C@H](Cc1ccccc1)N1OC12CCCCC2. The average Bonchev–Trinajstić information content (AvgIpc) is 3.18. The van der Waals surface area contributed by atoms with Crippen LogP contribution in [0.5, 0.6) is 0 Å². The Morgan fingerprint density at radius 1 is 1.30 bits per heavy atom. The number of hydrogen-bond acceptors (Lipinski definition) is 4. The highest BCUT2D eigenvalue weighted by Crippen LogP contribution is 2.48. The van der Waals surface area contributed by atoms with E-state index in [2.05, 4.69) is 0 Å².